The third-order valence-electron chi connectivity index (χ3n) is 6.14. The summed E-state index contributed by atoms with van der Waals surface area (Å²) >= 11 is 0. The molecule has 0 aliphatic heterocycles. The molecular weight excluding hydrogens is 484 g/mol. The minimum Gasteiger partial charge on any atom is -0.481 e. The number of unbranched alkanes of at least 4 members (excludes halogenated alkanes) is 14. The van der Waals surface area contributed by atoms with Crippen LogP contribution in [0.15, 0.2) is 30.3 Å². The number of nitrogens with two attached hydrogens (primary N) is 1. The van der Waals surface area contributed by atoms with Crippen molar-refractivity contribution < 1.29 is 29.3 Å². The number of carboxylic acids is 2. The van der Waals surface area contributed by atoms with Crippen molar-refractivity contribution in [2.75, 3.05) is 13.1 Å². The molecule has 5 N–H and O–H groups in total. The van der Waals surface area contributed by atoms with Crippen LogP contribution in [0.2, 0.25) is 0 Å². The van der Waals surface area contributed by atoms with Crippen molar-refractivity contribution in [2.24, 2.45) is 5.73 Å². The largest absolute Gasteiger partial charge is 0.481 e. The summed E-state index contributed by atoms with van der Waals surface area (Å²) < 4.78 is 5.14. The van der Waals surface area contributed by atoms with Crippen LogP contribution in [-0.4, -0.2) is 41.3 Å². The maximum atomic E-state index is 11.5. The van der Waals surface area contributed by atoms with E-state index in [0.29, 0.717) is 19.6 Å². The predicted molar refractivity (Wildman–Crippen MR) is 152 cm³/mol. The van der Waals surface area contributed by atoms with Crippen molar-refractivity contribution in [1.29, 1.82) is 0 Å². The van der Waals surface area contributed by atoms with Gasteiger partial charge in [-0.1, -0.05) is 107 Å². The van der Waals surface area contributed by atoms with Gasteiger partial charge in [-0.3, -0.25) is 9.59 Å². The highest BCUT2D eigenvalue weighted by Gasteiger charge is 2.02. The van der Waals surface area contributed by atoms with Crippen LogP contribution in [0.25, 0.3) is 0 Å². The normalized spacial score (nSPS) is 10.3. The smallest absolute Gasteiger partial charge is 0.407 e. The third-order valence-corrected chi connectivity index (χ3v) is 6.14. The number of rotatable bonds is 23. The Hall–Kier alpha value is -2.61. The van der Waals surface area contributed by atoms with Crippen molar-refractivity contribution in [1.82, 2.24) is 5.32 Å². The molecule has 8 heteroatoms. The van der Waals surface area contributed by atoms with E-state index in [9.17, 15) is 14.4 Å². The maximum absolute atomic E-state index is 11.5. The summed E-state index contributed by atoms with van der Waals surface area (Å²) in [6.07, 6.45) is 17.9. The van der Waals surface area contributed by atoms with E-state index >= 15 is 0 Å². The highest BCUT2D eigenvalue weighted by atomic mass is 16.5. The molecule has 0 spiro atoms. The molecule has 0 aliphatic carbocycles. The van der Waals surface area contributed by atoms with Gasteiger partial charge in [-0.25, -0.2) is 4.79 Å². The number of aliphatic carboxylic acids is 2. The minimum absolute atomic E-state index is 0.284. The van der Waals surface area contributed by atoms with E-state index in [1.54, 1.807) is 0 Å². The molecular formula is C30H52N2O6. The summed E-state index contributed by atoms with van der Waals surface area (Å²) in [6, 6.07) is 9.62. The first-order valence-electron chi connectivity index (χ1n) is 14.5. The number of amides is 1. The van der Waals surface area contributed by atoms with Gasteiger partial charge in [0, 0.05) is 19.4 Å². The van der Waals surface area contributed by atoms with Crippen molar-refractivity contribution in [3.63, 3.8) is 0 Å². The molecule has 1 rings (SSSR count). The zero-order valence-corrected chi connectivity index (χ0v) is 23.3. The van der Waals surface area contributed by atoms with Gasteiger partial charge in [0.25, 0.3) is 0 Å². The van der Waals surface area contributed by atoms with Crippen molar-refractivity contribution in [3.8, 4) is 0 Å². The summed E-state index contributed by atoms with van der Waals surface area (Å²) in [5, 5.41) is 19.7. The number of hydrogen-bond acceptors (Lipinski definition) is 5. The average molecular weight is 537 g/mol. The Morgan fingerprint density at radius 1 is 0.632 bits per heavy atom. The molecule has 1 aromatic carbocycles. The van der Waals surface area contributed by atoms with Gasteiger partial charge in [-0.15, -0.1) is 0 Å². The molecule has 0 atom stereocenters. The Balaban J connectivity index is 0.000000835. The summed E-state index contributed by atoms with van der Waals surface area (Å²) in [4.78, 5) is 32.1. The lowest BCUT2D eigenvalue weighted by Gasteiger charge is -2.07. The number of nitrogens with one attached hydrogen (secondary N) is 1. The van der Waals surface area contributed by atoms with E-state index in [2.05, 4.69) is 5.32 Å². The van der Waals surface area contributed by atoms with Crippen LogP contribution in [0, 0.1) is 0 Å². The number of carboxylic acid groups (broad SMARTS) is 2. The Morgan fingerprint density at radius 3 is 1.50 bits per heavy atom. The van der Waals surface area contributed by atoms with Gasteiger partial charge in [0.2, 0.25) is 0 Å². The highest BCUT2D eigenvalue weighted by Crippen LogP contribution is 2.10. The van der Waals surface area contributed by atoms with Crippen LogP contribution in [0.5, 0.6) is 0 Å². The SMILES string of the molecule is NCCCCCCCCCCC(=O)O.O=C(O)CCCCCCCCCCNC(=O)OCc1ccccc1. The minimum atomic E-state index is -0.704. The predicted octanol–water partition coefficient (Wildman–Crippen LogP) is 7.05. The standard InChI is InChI=1S/C19H29NO4.C11H23NO2/c21-18(22)14-10-5-3-1-2-4-6-11-15-20-19(23)24-16-17-12-8-7-9-13-17;12-10-8-6-4-2-1-3-5-7-9-11(13)14/h7-9,12-13H,1-6,10-11,14-16H2,(H,20,23)(H,21,22);1-10,12H2,(H,13,14). The molecule has 8 nitrogen and oxygen atoms in total. The van der Waals surface area contributed by atoms with Gasteiger partial charge in [-0.2, -0.15) is 0 Å². The molecule has 38 heavy (non-hydrogen) atoms. The second-order valence-corrected chi connectivity index (χ2v) is 9.72. The van der Waals surface area contributed by atoms with Crippen LogP contribution in [0.4, 0.5) is 4.79 Å². The van der Waals surface area contributed by atoms with Gasteiger partial charge in [-0.05, 0) is 37.8 Å². The number of ether oxygens (including phenoxy) is 1. The molecule has 0 heterocycles. The van der Waals surface area contributed by atoms with E-state index < -0.39 is 11.9 Å². The Bertz CT molecular complexity index is 699. The Morgan fingerprint density at radius 2 is 1.05 bits per heavy atom. The summed E-state index contributed by atoms with van der Waals surface area (Å²) in [5.41, 5.74) is 6.36. The molecule has 1 aromatic rings. The summed E-state index contributed by atoms with van der Waals surface area (Å²) in [7, 11) is 0. The van der Waals surface area contributed by atoms with Crippen molar-refractivity contribution >= 4 is 18.0 Å². The van der Waals surface area contributed by atoms with Crippen molar-refractivity contribution in [3.05, 3.63) is 35.9 Å². The van der Waals surface area contributed by atoms with Gasteiger partial charge in [0.1, 0.15) is 6.61 Å². The first-order chi connectivity index (χ1) is 18.5. The van der Waals surface area contributed by atoms with Crippen LogP contribution in [-0.2, 0) is 20.9 Å². The van der Waals surface area contributed by atoms with Gasteiger partial charge in [0.05, 0.1) is 0 Å². The van der Waals surface area contributed by atoms with Crippen LogP contribution in [0.3, 0.4) is 0 Å². The third kappa shape index (κ3) is 28.0. The number of carbonyl (C=O) groups excluding carboxylic acids is 1. The number of hydrogen-bond donors (Lipinski definition) is 4. The first kappa shape index (κ1) is 35.4. The second kappa shape index (κ2) is 27.4. The highest BCUT2D eigenvalue weighted by molar-refractivity contribution is 5.67. The van der Waals surface area contributed by atoms with Gasteiger partial charge >= 0.3 is 18.0 Å². The van der Waals surface area contributed by atoms with Crippen LogP contribution in [0.1, 0.15) is 121 Å². The Kier molecular flexibility index (Phi) is 25.5. The molecule has 0 bridgehead atoms. The molecule has 0 aromatic heterocycles. The zero-order valence-electron chi connectivity index (χ0n) is 23.3. The number of carbonyl (C=O) groups is 3. The van der Waals surface area contributed by atoms with E-state index in [1.165, 1.54) is 38.5 Å². The lowest BCUT2D eigenvalue weighted by Crippen LogP contribution is -2.25. The molecule has 0 radical (unpaired) electrons. The molecule has 0 aliphatic rings. The Labute approximate surface area is 229 Å². The fourth-order valence-corrected chi connectivity index (χ4v) is 3.91. The van der Waals surface area contributed by atoms with E-state index in [0.717, 1.165) is 76.3 Å². The van der Waals surface area contributed by atoms with Gasteiger partial charge < -0.3 is 26.0 Å². The maximum Gasteiger partial charge on any atom is 0.407 e. The van der Waals surface area contributed by atoms with E-state index in [1.807, 2.05) is 30.3 Å². The lowest BCUT2D eigenvalue weighted by molar-refractivity contribution is -0.138. The summed E-state index contributed by atoms with van der Waals surface area (Å²) in [6.45, 7) is 1.75. The molecule has 218 valence electrons. The van der Waals surface area contributed by atoms with Crippen LogP contribution >= 0.6 is 0 Å². The van der Waals surface area contributed by atoms with Gasteiger partial charge in [0.15, 0.2) is 0 Å². The molecule has 0 unspecified atom stereocenters. The molecule has 1 amide bonds. The monoisotopic (exact) mass is 536 g/mol. The zero-order chi connectivity index (χ0) is 28.1. The second-order valence-electron chi connectivity index (χ2n) is 9.72. The topological polar surface area (TPSA) is 139 Å². The molecule has 0 saturated heterocycles. The molecule has 0 saturated carbocycles. The quantitative estimate of drug-likeness (QED) is 0.110. The number of benzene rings is 1. The van der Waals surface area contributed by atoms with Crippen LogP contribution < -0.4 is 11.1 Å². The first-order valence-corrected chi connectivity index (χ1v) is 14.5. The van der Waals surface area contributed by atoms with E-state index in [-0.39, 0.29) is 12.5 Å². The summed E-state index contributed by atoms with van der Waals surface area (Å²) in [5.74, 6) is -1.38. The fourth-order valence-electron chi connectivity index (χ4n) is 3.91. The van der Waals surface area contributed by atoms with Crippen molar-refractivity contribution in [2.45, 2.75) is 122 Å². The number of alkyl carbamates (subject to hydrolysis) is 1. The van der Waals surface area contributed by atoms with E-state index in [4.69, 9.17) is 20.7 Å². The average Bonchev–Trinajstić information content (AvgIpc) is 2.90. The fraction of sp³-hybridized carbons (Fsp3) is 0.700. The lowest BCUT2D eigenvalue weighted by atomic mass is 10.1. The molecule has 0 fully saturated rings.